The first-order chi connectivity index (χ1) is 8.80. The zero-order chi connectivity index (χ0) is 14.5. The number of anilines is 1. The highest BCUT2D eigenvalue weighted by Gasteiger charge is 2.15. The molecule has 8 heteroatoms. The van der Waals surface area contributed by atoms with Gasteiger partial charge in [0.25, 0.3) is 0 Å². The molecule has 0 aliphatic rings. The molecule has 0 bridgehead atoms. The third-order valence-electron chi connectivity index (χ3n) is 2.60. The van der Waals surface area contributed by atoms with Crippen molar-refractivity contribution in [3.05, 3.63) is 24.3 Å². The maximum atomic E-state index is 11.9. The molecule has 0 saturated heterocycles. The Morgan fingerprint density at radius 1 is 1.05 bits per heavy atom. The molecular formula is C11H18N2O4S2. The van der Waals surface area contributed by atoms with Crippen molar-refractivity contribution in [2.24, 2.45) is 0 Å². The number of nitrogens with one attached hydrogen (secondary N) is 2. The van der Waals surface area contributed by atoms with E-state index in [1.807, 2.05) is 0 Å². The second kappa shape index (κ2) is 6.36. The lowest BCUT2D eigenvalue weighted by Crippen LogP contribution is -2.29. The van der Waals surface area contributed by atoms with Gasteiger partial charge in [0, 0.05) is 25.0 Å². The van der Waals surface area contributed by atoms with Crippen LogP contribution < -0.4 is 10.0 Å². The van der Waals surface area contributed by atoms with Crippen molar-refractivity contribution < 1.29 is 16.8 Å². The summed E-state index contributed by atoms with van der Waals surface area (Å²) >= 11 is 0. The van der Waals surface area contributed by atoms with Crippen molar-refractivity contribution in [3.8, 4) is 0 Å². The van der Waals surface area contributed by atoms with Crippen molar-refractivity contribution in [2.45, 2.75) is 11.8 Å². The number of benzene rings is 1. The van der Waals surface area contributed by atoms with Crippen LogP contribution in [0.2, 0.25) is 0 Å². The minimum absolute atomic E-state index is 0.00555. The predicted octanol–water partition coefficient (Wildman–Crippen LogP) is 0.441. The van der Waals surface area contributed by atoms with E-state index in [0.29, 0.717) is 0 Å². The van der Waals surface area contributed by atoms with Gasteiger partial charge in [-0.3, -0.25) is 0 Å². The van der Waals surface area contributed by atoms with Crippen LogP contribution in [0.1, 0.15) is 6.92 Å². The minimum Gasteiger partial charge on any atom is -0.388 e. The number of sulfone groups is 1. The van der Waals surface area contributed by atoms with Crippen molar-refractivity contribution in [3.63, 3.8) is 0 Å². The van der Waals surface area contributed by atoms with Crippen LogP contribution in [0, 0.1) is 0 Å². The van der Waals surface area contributed by atoms with Gasteiger partial charge in [0.05, 0.1) is 10.6 Å². The molecule has 0 amide bonds. The first-order valence-corrected chi connectivity index (χ1v) is 9.09. The van der Waals surface area contributed by atoms with Crippen LogP contribution in [-0.2, 0) is 19.9 Å². The van der Waals surface area contributed by atoms with Crippen LogP contribution >= 0.6 is 0 Å². The summed E-state index contributed by atoms with van der Waals surface area (Å²) < 4.78 is 48.6. The van der Waals surface area contributed by atoms with E-state index < -0.39 is 19.9 Å². The summed E-state index contributed by atoms with van der Waals surface area (Å²) in [6, 6.07) is 6.19. The molecule has 0 spiro atoms. The van der Waals surface area contributed by atoms with Crippen LogP contribution in [0.4, 0.5) is 5.69 Å². The molecular weight excluding hydrogens is 288 g/mol. The molecule has 1 aromatic carbocycles. The fraction of sp³-hybridized carbons (Fsp3) is 0.455. The van der Waals surface area contributed by atoms with E-state index in [2.05, 4.69) is 10.0 Å². The smallest absolute Gasteiger partial charge is 0.240 e. The van der Waals surface area contributed by atoms with Crippen LogP contribution in [-0.4, -0.2) is 41.9 Å². The van der Waals surface area contributed by atoms with Gasteiger partial charge in [-0.1, -0.05) is 6.92 Å². The fourth-order valence-electron chi connectivity index (χ4n) is 1.36. The predicted molar refractivity (Wildman–Crippen MR) is 75.5 cm³/mol. The molecule has 108 valence electrons. The van der Waals surface area contributed by atoms with Crippen molar-refractivity contribution in [1.82, 2.24) is 4.72 Å². The van der Waals surface area contributed by atoms with Gasteiger partial charge in [-0.25, -0.2) is 21.6 Å². The average Bonchev–Trinajstić information content (AvgIpc) is 2.38. The highest BCUT2D eigenvalue weighted by molar-refractivity contribution is 7.91. The molecule has 19 heavy (non-hydrogen) atoms. The quantitative estimate of drug-likeness (QED) is 0.762. The van der Waals surface area contributed by atoms with Gasteiger partial charge in [-0.15, -0.1) is 0 Å². The Kier molecular flexibility index (Phi) is 5.33. The lowest BCUT2D eigenvalue weighted by molar-refractivity contribution is 0.581. The molecule has 0 saturated carbocycles. The van der Waals surface area contributed by atoms with Gasteiger partial charge in [0.15, 0.2) is 9.84 Å². The number of hydrogen-bond donors (Lipinski definition) is 2. The normalized spacial score (nSPS) is 12.3. The van der Waals surface area contributed by atoms with Crippen LogP contribution in [0.3, 0.4) is 0 Å². The average molecular weight is 306 g/mol. The van der Waals surface area contributed by atoms with Gasteiger partial charge < -0.3 is 5.32 Å². The van der Waals surface area contributed by atoms with E-state index in [1.54, 1.807) is 19.2 Å². The summed E-state index contributed by atoms with van der Waals surface area (Å²) in [5.41, 5.74) is 0.799. The summed E-state index contributed by atoms with van der Waals surface area (Å²) in [6.07, 6.45) is 0. The standard InChI is InChI=1S/C11H18N2O4S2/c1-3-18(14,15)9-8-13-19(16,17)11-6-4-10(12-2)5-7-11/h4-7,12-13H,3,8-9H2,1-2H3. The van der Waals surface area contributed by atoms with E-state index in [-0.39, 0.29) is 22.9 Å². The second-order valence-electron chi connectivity index (χ2n) is 3.91. The van der Waals surface area contributed by atoms with Crippen molar-refractivity contribution in [1.29, 1.82) is 0 Å². The zero-order valence-electron chi connectivity index (χ0n) is 10.9. The van der Waals surface area contributed by atoms with E-state index in [4.69, 9.17) is 0 Å². The highest BCUT2D eigenvalue weighted by Crippen LogP contribution is 2.13. The fourth-order valence-corrected chi connectivity index (χ4v) is 3.22. The molecule has 6 nitrogen and oxygen atoms in total. The second-order valence-corrected chi connectivity index (χ2v) is 8.15. The lowest BCUT2D eigenvalue weighted by Gasteiger charge is -2.07. The summed E-state index contributed by atoms with van der Waals surface area (Å²) in [5.74, 6) is -0.192. The lowest BCUT2D eigenvalue weighted by atomic mass is 10.3. The Labute approximate surface area is 114 Å². The molecule has 1 aromatic rings. The Morgan fingerprint density at radius 3 is 2.11 bits per heavy atom. The molecule has 0 fully saturated rings. The van der Waals surface area contributed by atoms with E-state index in [0.717, 1.165) is 5.69 Å². The summed E-state index contributed by atoms with van der Waals surface area (Å²) in [4.78, 5) is 0.111. The topological polar surface area (TPSA) is 92.3 Å². The van der Waals surface area contributed by atoms with E-state index >= 15 is 0 Å². The van der Waals surface area contributed by atoms with Crippen molar-refractivity contribution in [2.75, 3.05) is 30.4 Å². The molecule has 0 aliphatic carbocycles. The molecule has 0 heterocycles. The molecule has 1 rings (SSSR count). The monoisotopic (exact) mass is 306 g/mol. The number of sulfonamides is 1. The minimum atomic E-state index is -3.66. The third-order valence-corrected chi connectivity index (χ3v) is 5.78. The first-order valence-electron chi connectivity index (χ1n) is 5.78. The largest absolute Gasteiger partial charge is 0.388 e. The Morgan fingerprint density at radius 2 is 1.63 bits per heavy atom. The first kappa shape index (κ1) is 15.9. The molecule has 0 unspecified atom stereocenters. The van der Waals surface area contributed by atoms with Crippen LogP contribution in [0.5, 0.6) is 0 Å². The van der Waals surface area contributed by atoms with E-state index in [9.17, 15) is 16.8 Å². The summed E-state index contributed by atoms with van der Waals surface area (Å²) in [7, 11) is -5.10. The van der Waals surface area contributed by atoms with Crippen molar-refractivity contribution >= 4 is 25.5 Å². The van der Waals surface area contributed by atoms with Gasteiger partial charge in [-0.05, 0) is 24.3 Å². The van der Waals surface area contributed by atoms with E-state index in [1.165, 1.54) is 19.1 Å². The Hall–Kier alpha value is -1.12. The highest BCUT2D eigenvalue weighted by atomic mass is 32.2. The maximum Gasteiger partial charge on any atom is 0.240 e. The van der Waals surface area contributed by atoms with Crippen LogP contribution in [0.25, 0.3) is 0 Å². The Balaban J connectivity index is 2.70. The van der Waals surface area contributed by atoms with Gasteiger partial charge in [-0.2, -0.15) is 0 Å². The molecule has 2 N–H and O–H groups in total. The molecule has 0 aliphatic heterocycles. The summed E-state index contributed by atoms with van der Waals surface area (Å²) in [5, 5.41) is 2.88. The molecule has 0 atom stereocenters. The zero-order valence-corrected chi connectivity index (χ0v) is 12.5. The number of hydrogen-bond acceptors (Lipinski definition) is 5. The molecule has 0 aromatic heterocycles. The van der Waals surface area contributed by atoms with Gasteiger partial charge >= 0.3 is 0 Å². The summed E-state index contributed by atoms with van der Waals surface area (Å²) in [6.45, 7) is 1.41. The third kappa shape index (κ3) is 4.81. The maximum absolute atomic E-state index is 11.9. The van der Waals surface area contributed by atoms with Gasteiger partial charge in [0.1, 0.15) is 0 Å². The number of rotatable bonds is 7. The molecule has 0 radical (unpaired) electrons. The Bertz CT molecular complexity index is 607. The SMILES string of the molecule is CCS(=O)(=O)CCNS(=O)(=O)c1ccc(NC)cc1. The van der Waals surface area contributed by atoms with Crippen LogP contribution in [0.15, 0.2) is 29.2 Å². The van der Waals surface area contributed by atoms with Gasteiger partial charge in [0.2, 0.25) is 10.0 Å².